The molecular weight excluding hydrogens is 274 g/mol. The molecule has 0 atom stereocenters. The van der Waals surface area contributed by atoms with Gasteiger partial charge in [0.25, 0.3) is 5.56 Å². The van der Waals surface area contributed by atoms with Crippen LogP contribution in [0.2, 0.25) is 0 Å². The molecule has 0 radical (unpaired) electrons. The van der Waals surface area contributed by atoms with Crippen molar-refractivity contribution in [2.24, 2.45) is 0 Å². The Hall–Kier alpha value is -1.30. The van der Waals surface area contributed by atoms with Crippen molar-refractivity contribution in [2.75, 3.05) is 5.75 Å². The average Bonchev–Trinajstić information content (AvgIpc) is 2.89. The van der Waals surface area contributed by atoms with E-state index < -0.39 is 0 Å². The van der Waals surface area contributed by atoms with E-state index in [4.69, 9.17) is 0 Å². The molecule has 1 heterocycles. The van der Waals surface area contributed by atoms with Crippen LogP contribution in [0.15, 0.2) is 16.0 Å². The summed E-state index contributed by atoms with van der Waals surface area (Å²) in [6.07, 6.45) is 6.29. The fraction of sp³-hybridized carbons (Fsp3) is 0.643. The summed E-state index contributed by atoms with van der Waals surface area (Å²) in [7, 11) is 0. The third-order valence-electron chi connectivity index (χ3n) is 3.34. The highest BCUT2D eigenvalue weighted by molar-refractivity contribution is 7.99. The van der Waals surface area contributed by atoms with Crippen molar-refractivity contribution in [1.29, 1.82) is 0 Å². The Morgan fingerprint density at radius 2 is 2.25 bits per heavy atom. The third-order valence-corrected chi connectivity index (χ3v) is 4.21. The average molecular weight is 295 g/mol. The molecule has 5 nitrogen and oxygen atoms in total. The largest absolute Gasteiger partial charge is 0.353 e. The first-order valence-electron chi connectivity index (χ1n) is 7.19. The monoisotopic (exact) mass is 295 g/mol. The molecule has 6 heteroatoms. The van der Waals surface area contributed by atoms with Crippen LogP contribution in [0.4, 0.5) is 0 Å². The van der Waals surface area contributed by atoms with Gasteiger partial charge in [0.1, 0.15) is 0 Å². The maximum Gasteiger partial charge on any atom is 0.251 e. The van der Waals surface area contributed by atoms with E-state index >= 15 is 0 Å². The zero-order valence-corrected chi connectivity index (χ0v) is 12.6. The van der Waals surface area contributed by atoms with E-state index in [1.54, 1.807) is 0 Å². The Morgan fingerprint density at radius 3 is 2.95 bits per heavy atom. The normalized spacial score (nSPS) is 15.4. The Balaban J connectivity index is 1.86. The van der Waals surface area contributed by atoms with E-state index in [1.165, 1.54) is 30.7 Å². The Morgan fingerprint density at radius 1 is 1.50 bits per heavy atom. The summed E-state index contributed by atoms with van der Waals surface area (Å²) < 4.78 is 0. The van der Waals surface area contributed by atoms with Crippen LogP contribution in [-0.4, -0.2) is 27.7 Å². The van der Waals surface area contributed by atoms with Crippen LogP contribution in [0.1, 0.15) is 44.7 Å². The van der Waals surface area contributed by atoms with Gasteiger partial charge >= 0.3 is 0 Å². The van der Waals surface area contributed by atoms with Crippen molar-refractivity contribution in [3.63, 3.8) is 0 Å². The molecule has 1 fully saturated rings. The van der Waals surface area contributed by atoms with Crippen LogP contribution in [0.3, 0.4) is 0 Å². The lowest BCUT2D eigenvalue weighted by molar-refractivity contribution is -0.119. The number of amides is 1. The highest BCUT2D eigenvalue weighted by atomic mass is 32.2. The molecule has 1 saturated carbocycles. The van der Waals surface area contributed by atoms with Crippen molar-refractivity contribution in [1.82, 2.24) is 15.3 Å². The molecule has 1 aliphatic carbocycles. The summed E-state index contributed by atoms with van der Waals surface area (Å²) in [6.45, 7) is 2.05. The van der Waals surface area contributed by atoms with Gasteiger partial charge in [0.05, 0.1) is 5.75 Å². The van der Waals surface area contributed by atoms with Gasteiger partial charge in [-0.05, 0) is 19.3 Å². The number of aromatic nitrogens is 2. The van der Waals surface area contributed by atoms with Crippen LogP contribution < -0.4 is 10.9 Å². The van der Waals surface area contributed by atoms with E-state index in [1.807, 2.05) is 6.92 Å². The van der Waals surface area contributed by atoms with E-state index in [9.17, 15) is 9.59 Å². The fourth-order valence-corrected chi connectivity index (χ4v) is 3.12. The van der Waals surface area contributed by atoms with Gasteiger partial charge in [-0.15, -0.1) is 0 Å². The number of nitrogens with one attached hydrogen (secondary N) is 2. The lowest BCUT2D eigenvalue weighted by atomic mass is 10.2. The highest BCUT2D eigenvalue weighted by Gasteiger charge is 2.17. The lowest BCUT2D eigenvalue weighted by Gasteiger charge is -2.11. The van der Waals surface area contributed by atoms with Gasteiger partial charge in [-0.1, -0.05) is 37.9 Å². The molecule has 0 saturated heterocycles. The van der Waals surface area contributed by atoms with Gasteiger partial charge < -0.3 is 10.3 Å². The first-order valence-corrected chi connectivity index (χ1v) is 8.18. The first kappa shape index (κ1) is 15.1. The number of carbonyl (C=O) groups excluding carboxylic acids is 1. The van der Waals surface area contributed by atoms with E-state index in [0.29, 0.717) is 17.0 Å². The molecule has 1 aromatic heterocycles. The van der Waals surface area contributed by atoms with Crippen LogP contribution in [-0.2, 0) is 11.2 Å². The van der Waals surface area contributed by atoms with Crippen molar-refractivity contribution in [3.8, 4) is 0 Å². The summed E-state index contributed by atoms with van der Waals surface area (Å²) in [5, 5.41) is 3.55. The minimum atomic E-state index is -0.151. The van der Waals surface area contributed by atoms with Crippen LogP contribution in [0, 0.1) is 0 Å². The zero-order valence-electron chi connectivity index (χ0n) is 11.8. The lowest BCUT2D eigenvalue weighted by Crippen LogP contribution is -2.33. The smallest absolute Gasteiger partial charge is 0.251 e. The molecule has 0 bridgehead atoms. The Bertz CT molecular complexity index is 509. The van der Waals surface area contributed by atoms with E-state index in [2.05, 4.69) is 15.3 Å². The summed E-state index contributed by atoms with van der Waals surface area (Å²) in [4.78, 5) is 30.3. The zero-order chi connectivity index (χ0) is 14.4. The van der Waals surface area contributed by atoms with Gasteiger partial charge in [0, 0.05) is 17.8 Å². The van der Waals surface area contributed by atoms with Gasteiger partial charge in [0.2, 0.25) is 5.91 Å². The number of carbonyl (C=O) groups is 1. The predicted molar refractivity (Wildman–Crippen MR) is 80.0 cm³/mol. The topological polar surface area (TPSA) is 74.8 Å². The second-order valence-electron chi connectivity index (χ2n) is 5.13. The van der Waals surface area contributed by atoms with Crippen molar-refractivity contribution < 1.29 is 4.79 Å². The summed E-state index contributed by atoms with van der Waals surface area (Å²) in [6, 6.07) is 1.85. The van der Waals surface area contributed by atoms with E-state index in [-0.39, 0.29) is 11.5 Å². The molecule has 0 spiro atoms. The minimum Gasteiger partial charge on any atom is -0.353 e. The van der Waals surface area contributed by atoms with Gasteiger partial charge in [-0.25, -0.2) is 4.98 Å². The van der Waals surface area contributed by atoms with Gasteiger partial charge in [-0.3, -0.25) is 9.59 Å². The quantitative estimate of drug-likeness (QED) is 0.620. The predicted octanol–water partition coefficient (Wildman–Crippen LogP) is 1.87. The number of thioether (sulfide) groups is 1. The number of hydrogen-bond donors (Lipinski definition) is 2. The molecule has 0 aliphatic heterocycles. The number of aryl methyl sites for hydroxylation is 1. The fourth-order valence-electron chi connectivity index (χ4n) is 2.41. The Labute approximate surface area is 123 Å². The van der Waals surface area contributed by atoms with Crippen LogP contribution >= 0.6 is 11.8 Å². The molecule has 1 aromatic rings. The molecule has 1 amide bonds. The van der Waals surface area contributed by atoms with Crippen LogP contribution in [0.5, 0.6) is 0 Å². The molecule has 1 aliphatic rings. The molecule has 2 N–H and O–H groups in total. The summed E-state index contributed by atoms with van der Waals surface area (Å²) >= 11 is 1.29. The van der Waals surface area contributed by atoms with Gasteiger partial charge in [-0.2, -0.15) is 0 Å². The number of H-pyrrole nitrogens is 1. The number of hydrogen-bond acceptors (Lipinski definition) is 4. The third kappa shape index (κ3) is 4.67. The standard InChI is InChI=1S/C14H21N3O2S/c1-2-5-11-8-12(18)17-14(16-11)20-9-13(19)15-10-6-3-4-7-10/h8,10H,2-7,9H2,1H3,(H,15,19)(H,16,17,18). The Kier molecular flexibility index (Phi) is 5.64. The first-order chi connectivity index (χ1) is 9.67. The second kappa shape index (κ2) is 7.47. The molecule has 110 valence electrons. The van der Waals surface area contributed by atoms with Crippen molar-refractivity contribution >= 4 is 17.7 Å². The molecular formula is C14H21N3O2S. The maximum atomic E-state index is 11.8. The summed E-state index contributed by atoms with van der Waals surface area (Å²) in [5.41, 5.74) is 0.636. The second-order valence-corrected chi connectivity index (χ2v) is 6.09. The van der Waals surface area contributed by atoms with Crippen molar-refractivity contribution in [2.45, 2.75) is 56.6 Å². The van der Waals surface area contributed by atoms with E-state index in [0.717, 1.165) is 31.4 Å². The molecule has 0 unspecified atom stereocenters. The number of rotatable bonds is 6. The SMILES string of the molecule is CCCc1cc(=O)[nH]c(SCC(=O)NC2CCCC2)n1. The van der Waals surface area contributed by atoms with Gasteiger partial charge in [0.15, 0.2) is 5.16 Å². The molecule has 20 heavy (non-hydrogen) atoms. The van der Waals surface area contributed by atoms with Crippen molar-refractivity contribution in [3.05, 3.63) is 22.1 Å². The summed E-state index contributed by atoms with van der Waals surface area (Å²) in [5.74, 6) is 0.320. The number of nitrogens with zero attached hydrogens (tertiary/aromatic N) is 1. The molecule has 2 rings (SSSR count). The maximum absolute atomic E-state index is 11.8. The van der Waals surface area contributed by atoms with Crippen LogP contribution in [0.25, 0.3) is 0 Å². The molecule has 0 aromatic carbocycles. The number of aromatic amines is 1. The minimum absolute atomic E-state index is 0.0189. The highest BCUT2D eigenvalue weighted by Crippen LogP contribution is 2.18.